The van der Waals surface area contributed by atoms with Crippen molar-refractivity contribution in [2.24, 2.45) is 11.8 Å². The molecule has 1 spiro atoms. The Hall–Kier alpha value is 0.270. The zero-order valence-corrected chi connectivity index (χ0v) is 13.7. The molecule has 0 aromatic rings. The van der Waals surface area contributed by atoms with Crippen molar-refractivity contribution in [2.75, 3.05) is 24.7 Å². The van der Waals surface area contributed by atoms with E-state index in [9.17, 15) is 0 Å². The maximum Gasteiger partial charge on any atom is 0.0701 e. The molecule has 3 heteroatoms. The van der Waals surface area contributed by atoms with Gasteiger partial charge in [-0.2, -0.15) is 11.8 Å². The van der Waals surface area contributed by atoms with Gasteiger partial charge < -0.3 is 10.1 Å². The van der Waals surface area contributed by atoms with Crippen molar-refractivity contribution in [3.63, 3.8) is 0 Å². The summed E-state index contributed by atoms with van der Waals surface area (Å²) < 4.78 is 6.20. The Bertz CT molecular complexity index is 258. The molecule has 2 heterocycles. The van der Waals surface area contributed by atoms with Crippen molar-refractivity contribution in [1.29, 1.82) is 0 Å². The predicted octanol–water partition coefficient (Wildman–Crippen LogP) is 3.70. The third kappa shape index (κ3) is 4.64. The Morgan fingerprint density at radius 2 is 2.00 bits per heavy atom. The first-order valence-corrected chi connectivity index (χ1v) is 9.22. The van der Waals surface area contributed by atoms with E-state index in [0.29, 0.717) is 6.04 Å². The van der Waals surface area contributed by atoms with Crippen LogP contribution in [-0.4, -0.2) is 36.3 Å². The van der Waals surface area contributed by atoms with Crippen LogP contribution in [0.1, 0.15) is 52.9 Å². The summed E-state index contributed by atoms with van der Waals surface area (Å²) in [6.45, 7) is 9.07. The van der Waals surface area contributed by atoms with Gasteiger partial charge in [0.15, 0.2) is 0 Å². The molecule has 2 unspecified atom stereocenters. The SMILES string of the molecule is CC(C)NCCC(C)C1CCOC2(CCSCC2)C1. The Kier molecular flexibility index (Phi) is 6.04. The highest BCUT2D eigenvalue weighted by Gasteiger charge is 2.39. The van der Waals surface area contributed by atoms with Gasteiger partial charge in [-0.25, -0.2) is 0 Å². The van der Waals surface area contributed by atoms with E-state index in [4.69, 9.17) is 4.74 Å². The second-order valence-corrected chi connectivity index (χ2v) is 8.00. The zero-order valence-electron chi connectivity index (χ0n) is 12.9. The molecule has 19 heavy (non-hydrogen) atoms. The molecule has 0 aromatic carbocycles. The molecule has 1 N–H and O–H groups in total. The first-order chi connectivity index (χ1) is 9.11. The van der Waals surface area contributed by atoms with Gasteiger partial charge in [-0.1, -0.05) is 20.8 Å². The fraction of sp³-hybridized carbons (Fsp3) is 1.00. The zero-order chi connectivity index (χ0) is 13.7. The molecular weight excluding hydrogens is 254 g/mol. The summed E-state index contributed by atoms with van der Waals surface area (Å²) in [6, 6.07) is 0.614. The summed E-state index contributed by atoms with van der Waals surface area (Å²) in [5.41, 5.74) is 0.258. The Labute approximate surface area is 123 Å². The second-order valence-electron chi connectivity index (χ2n) is 6.77. The quantitative estimate of drug-likeness (QED) is 0.832. The second kappa shape index (κ2) is 7.33. The van der Waals surface area contributed by atoms with E-state index in [2.05, 4.69) is 37.8 Å². The van der Waals surface area contributed by atoms with Crippen molar-refractivity contribution >= 4 is 11.8 Å². The van der Waals surface area contributed by atoms with E-state index >= 15 is 0 Å². The van der Waals surface area contributed by atoms with Crippen LogP contribution in [0, 0.1) is 11.8 Å². The smallest absolute Gasteiger partial charge is 0.0701 e. The monoisotopic (exact) mass is 285 g/mol. The van der Waals surface area contributed by atoms with Crippen molar-refractivity contribution < 1.29 is 4.74 Å². The average Bonchev–Trinajstić information content (AvgIpc) is 2.39. The molecule has 2 nitrogen and oxygen atoms in total. The van der Waals surface area contributed by atoms with Crippen molar-refractivity contribution in [3.8, 4) is 0 Å². The molecule has 0 aromatic heterocycles. The fourth-order valence-corrected chi connectivity index (χ4v) is 4.72. The predicted molar refractivity (Wildman–Crippen MR) is 84.9 cm³/mol. The molecule has 2 atom stereocenters. The highest BCUT2D eigenvalue weighted by Crippen LogP contribution is 2.42. The van der Waals surface area contributed by atoms with E-state index < -0.39 is 0 Å². The van der Waals surface area contributed by atoms with E-state index in [1.54, 1.807) is 0 Å². The van der Waals surface area contributed by atoms with E-state index in [1.165, 1.54) is 50.2 Å². The molecule has 0 aliphatic carbocycles. The van der Waals surface area contributed by atoms with Gasteiger partial charge >= 0.3 is 0 Å². The third-order valence-corrected chi connectivity index (χ3v) is 5.88. The average molecular weight is 285 g/mol. The maximum atomic E-state index is 6.20. The van der Waals surface area contributed by atoms with Gasteiger partial charge in [-0.15, -0.1) is 0 Å². The largest absolute Gasteiger partial charge is 0.375 e. The highest BCUT2D eigenvalue weighted by atomic mass is 32.2. The summed E-state index contributed by atoms with van der Waals surface area (Å²) in [7, 11) is 0. The van der Waals surface area contributed by atoms with Crippen LogP contribution in [0.4, 0.5) is 0 Å². The standard InChI is InChI=1S/C16H31NOS/c1-13(2)17-8-4-14(3)15-5-9-18-16(12-15)6-10-19-11-7-16/h13-15,17H,4-12H2,1-3H3. The van der Waals surface area contributed by atoms with Crippen LogP contribution in [0.5, 0.6) is 0 Å². The summed E-state index contributed by atoms with van der Waals surface area (Å²) in [5, 5.41) is 3.55. The summed E-state index contributed by atoms with van der Waals surface area (Å²) in [4.78, 5) is 0. The molecule has 112 valence electrons. The molecule has 2 aliphatic heterocycles. The Morgan fingerprint density at radius 1 is 1.26 bits per heavy atom. The third-order valence-electron chi connectivity index (χ3n) is 4.89. The molecular formula is C16H31NOS. The van der Waals surface area contributed by atoms with Crippen LogP contribution >= 0.6 is 11.8 Å². The highest BCUT2D eigenvalue weighted by molar-refractivity contribution is 7.99. The number of hydrogen-bond donors (Lipinski definition) is 1. The van der Waals surface area contributed by atoms with Crippen LogP contribution in [0.15, 0.2) is 0 Å². The molecule has 2 rings (SSSR count). The topological polar surface area (TPSA) is 21.3 Å². The van der Waals surface area contributed by atoms with Gasteiger partial charge in [0.05, 0.1) is 5.60 Å². The fourth-order valence-electron chi connectivity index (χ4n) is 3.48. The lowest BCUT2D eigenvalue weighted by Crippen LogP contribution is -2.44. The molecule has 2 aliphatic rings. The van der Waals surface area contributed by atoms with Crippen LogP contribution in [0.25, 0.3) is 0 Å². The molecule has 0 amide bonds. The number of nitrogens with one attached hydrogen (secondary N) is 1. The number of rotatable bonds is 5. The van der Waals surface area contributed by atoms with Gasteiger partial charge in [-0.3, -0.25) is 0 Å². The molecule has 2 saturated heterocycles. The van der Waals surface area contributed by atoms with Crippen LogP contribution in [0.2, 0.25) is 0 Å². The van der Waals surface area contributed by atoms with Gasteiger partial charge in [0.25, 0.3) is 0 Å². The van der Waals surface area contributed by atoms with Gasteiger partial charge in [0.1, 0.15) is 0 Å². The van der Waals surface area contributed by atoms with E-state index in [-0.39, 0.29) is 5.60 Å². The van der Waals surface area contributed by atoms with Crippen molar-refractivity contribution in [2.45, 2.75) is 64.5 Å². The van der Waals surface area contributed by atoms with Crippen molar-refractivity contribution in [1.82, 2.24) is 5.32 Å². The lowest BCUT2D eigenvalue weighted by atomic mass is 9.75. The molecule has 0 saturated carbocycles. The van der Waals surface area contributed by atoms with E-state index in [1.807, 2.05) is 0 Å². The lowest BCUT2D eigenvalue weighted by molar-refractivity contribution is -0.110. The summed E-state index contributed by atoms with van der Waals surface area (Å²) in [6.07, 6.45) is 6.47. The minimum Gasteiger partial charge on any atom is -0.375 e. The van der Waals surface area contributed by atoms with Crippen molar-refractivity contribution in [3.05, 3.63) is 0 Å². The summed E-state index contributed by atoms with van der Waals surface area (Å²) in [5.74, 6) is 4.32. The number of thioether (sulfide) groups is 1. The summed E-state index contributed by atoms with van der Waals surface area (Å²) >= 11 is 2.10. The van der Waals surface area contributed by atoms with Gasteiger partial charge in [0, 0.05) is 12.6 Å². The molecule has 0 bridgehead atoms. The maximum absolute atomic E-state index is 6.20. The molecule has 2 fully saturated rings. The van der Waals surface area contributed by atoms with Gasteiger partial charge in [0.2, 0.25) is 0 Å². The number of ether oxygens (including phenoxy) is 1. The Morgan fingerprint density at radius 3 is 2.68 bits per heavy atom. The number of hydrogen-bond acceptors (Lipinski definition) is 3. The normalized spacial score (nSPS) is 28.7. The first kappa shape index (κ1) is 15.7. The van der Waals surface area contributed by atoms with E-state index in [0.717, 1.165) is 18.4 Å². The minimum absolute atomic E-state index is 0.258. The van der Waals surface area contributed by atoms with Gasteiger partial charge in [-0.05, 0) is 62.0 Å². The van der Waals surface area contributed by atoms with Crippen LogP contribution in [0.3, 0.4) is 0 Å². The van der Waals surface area contributed by atoms with Crippen LogP contribution in [-0.2, 0) is 4.74 Å². The molecule has 0 radical (unpaired) electrons. The van der Waals surface area contributed by atoms with Crippen LogP contribution < -0.4 is 5.32 Å². The lowest BCUT2D eigenvalue weighted by Gasteiger charge is -2.45. The minimum atomic E-state index is 0.258. The first-order valence-electron chi connectivity index (χ1n) is 8.06. The Balaban J connectivity index is 1.79.